The molecular weight excluding hydrogens is 609 g/mol. The zero-order valence-electron chi connectivity index (χ0n) is 24.5. The van der Waals surface area contributed by atoms with Gasteiger partial charge >= 0.3 is 6.03 Å². The predicted molar refractivity (Wildman–Crippen MR) is 170 cm³/mol. The van der Waals surface area contributed by atoms with E-state index in [1.54, 1.807) is 23.1 Å². The predicted octanol–water partition coefficient (Wildman–Crippen LogP) is 3.95. The van der Waals surface area contributed by atoms with Crippen LogP contribution in [0.5, 0.6) is 0 Å². The summed E-state index contributed by atoms with van der Waals surface area (Å²) in [7, 11) is 0. The number of anilines is 1. The monoisotopic (exact) mass is 647 g/mol. The number of rotatable bonds is 11. The van der Waals surface area contributed by atoms with Crippen molar-refractivity contribution >= 4 is 52.4 Å². The lowest BCUT2D eigenvalue weighted by Crippen LogP contribution is -2.63. The van der Waals surface area contributed by atoms with Crippen LogP contribution in [-0.4, -0.2) is 83.4 Å². The first kappa shape index (κ1) is 33.4. The number of non-ortho nitro benzene ring substituents is 1. The molecule has 1 atom stereocenters. The summed E-state index contributed by atoms with van der Waals surface area (Å²) < 4.78 is 0. The van der Waals surface area contributed by atoms with E-state index in [1.165, 1.54) is 24.3 Å². The minimum atomic E-state index is -0.798. The quantitative estimate of drug-likeness (QED) is 0.212. The number of carbonyl (C=O) groups excluding carboxylic acids is 3. The van der Waals surface area contributed by atoms with Crippen molar-refractivity contribution in [3.05, 3.63) is 68.2 Å². The molecule has 5 N–H and O–H groups in total. The average molecular weight is 649 g/mol. The van der Waals surface area contributed by atoms with Crippen LogP contribution in [0.3, 0.4) is 0 Å². The zero-order chi connectivity index (χ0) is 31.7. The smallest absolute Gasteiger partial charge is 0.319 e. The fourth-order valence-corrected chi connectivity index (χ4v) is 6.51. The molecule has 4 amide bonds. The van der Waals surface area contributed by atoms with E-state index >= 15 is 0 Å². The van der Waals surface area contributed by atoms with Crippen LogP contribution in [-0.2, 0) is 16.0 Å². The molecule has 1 heterocycles. The van der Waals surface area contributed by atoms with Crippen LogP contribution in [0.1, 0.15) is 44.1 Å². The summed E-state index contributed by atoms with van der Waals surface area (Å²) in [6.07, 6.45) is 5.40. The Labute approximate surface area is 266 Å². The Morgan fingerprint density at radius 2 is 1.68 bits per heavy atom. The molecule has 1 saturated heterocycles. The van der Waals surface area contributed by atoms with Crippen molar-refractivity contribution in [2.75, 3.05) is 44.6 Å². The van der Waals surface area contributed by atoms with Crippen molar-refractivity contribution in [2.24, 2.45) is 5.73 Å². The van der Waals surface area contributed by atoms with Crippen molar-refractivity contribution in [1.29, 1.82) is 0 Å². The van der Waals surface area contributed by atoms with Gasteiger partial charge in [0.05, 0.1) is 4.92 Å². The molecule has 1 aliphatic carbocycles. The highest BCUT2D eigenvalue weighted by Crippen LogP contribution is 2.34. The molecule has 0 bridgehead atoms. The molecule has 2 fully saturated rings. The van der Waals surface area contributed by atoms with Gasteiger partial charge in [-0.25, -0.2) is 4.79 Å². The number of hydrogen-bond donors (Lipinski definition) is 4. The number of halogens is 2. The Hall–Kier alpha value is -3.45. The Morgan fingerprint density at radius 1 is 1.00 bits per heavy atom. The lowest BCUT2D eigenvalue weighted by atomic mass is 9.79. The average Bonchev–Trinajstić information content (AvgIpc) is 3.01. The van der Waals surface area contributed by atoms with E-state index in [0.717, 1.165) is 32.1 Å². The second kappa shape index (κ2) is 15.5. The summed E-state index contributed by atoms with van der Waals surface area (Å²) in [4.78, 5) is 53.5. The third-order valence-electron chi connectivity index (χ3n) is 8.40. The van der Waals surface area contributed by atoms with Gasteiger partial charge in [-0.05, 0) is 42.7 Å². The number of nitrogens with one attached hydrogen (secondary N) is 3. The van der Waals surface area contributed by atoms with Crippen LogP contribution in [0.15, 0.2) is 42.5 Å². The SMILES string of the molecule is NCCC(=O)N[C@H](Cc1ccc(Cl)cc1Cl)C(=O)N1CCN(C2(CNC(=O)Nc3ccc([N+](=O)[O-])cc3)CCCCC2)CC1. The largest absolute Gasteiger partial charge is 0.344 e. The van der Waals surface area contributed by atoms with Crippen LogP contribution >= 0.6 is 23.2 Å². The maximum Gasteiger partial charge on any atom is 0.319 e. The molecule has 14 heteroatoms. The van der Waals surface area contributed by atoms with Crippen molar-refractivity contribution in [3.63, 3.8) is 0 Å². The first-order valence-electron chi connectivity index (χ1n) is 14.9. The van der Waals surface area contributed by atoms with E-state index in [1.807, 2.05) is 0 Å². The van der Waals surface area contributed by atoms with Gasteiger partial charge in [0.15, 0.2) is 0 Å². The van der Waals surface area contributed by atoms with E-state index in [2.05, 4.69) is 20.9 Å². The van der Waals surface area contributed by atoms with Gasteiger partial charge in [0.25, 0.3) is 5.69 Å². The molecule has 1 saturated carbocycles. The summed E-state index contributed by atoms with van der Waals surface area (Å²) in [5, 5.41) is 20.4. The van der Waals surface area contributed by atoms with Crippen molar-refractivity contribution in [2.45, 2.75) is 56.5 Å². The molecule has 44 heavy (non-hydrogen) atoms. The number of nitrogens with two attached hydrogens (primary N) is 1. The highest BCUT2D eigenvalue weighted by Gasteiger charge is 2.41. The number of piperazine rings is 1. The Balaban J connectivity index is 1.38. The highest BCUT2D eigenvalue weighted by molar-refractivity contribution is 6.35. The molecule has 12 nitrogen and oxygen atoms in total. The first-order valence-corrected chi connectivity index (χ1v) is 15.6. The molecule has 0 spiro atoms. The van der Waals surface area contributed by atoms with E-state index in [-0.39, 0.29) is 48.5 Å². The highest BCUT2D eigenvalue weighted by atomic mass is 35.5. The lowest BCUT2D eigenvalue weighted by molar-refractivity contribution is -0.384. The minimum Gasteiger partial charge on any atom is -0.344 e. The summed E-state index contributed by atoms with van der Waals surface area (Å²) in [6.45, 7) is 2.83. The minimum absolute atomic E-state index is 0.0484. The fraction of sp³-hybridized carbons (Fsp3) is 0.500. The molecule has 2 aliphatic rings. The van der Waals surface area contributed by atoms with Crippen LogP contribution < -0.4 is 21.7 Å². The van der Waals surface area contributed by atoms with Gasteiger partial charge in [0, 0.05) is 85.5 Å². The zero-order valence-corrected chi connectivity index (χ0v) is 26.0. The van der Waals surface area contributed by atoms with Gasteiger partial charge < -0.3 is 26.6 Å². The maximum atomic E-state index is 13.7. The van der Waals surface area contributed by atoms with Crippen LogP contribution in [0.25, 0.3) is 0 Å². The van der Waals surface area contributed by atoms with Crippen molar-refractivity contribution < 1.29 is 19.3 Å². The van der Waals surface area contributed by atoms with Crippen molar-refractivity contribution in [3.8, 4) is 0 Å². The maximum absolute atomic E-state index is 13.7. The summed E-state index contributed by atoms with van der Waals surface area (Å²) in [6, 6.07) is 9.58. The summed E-state index contributed by atoms with van der Waals surface area (Å²) >= 11 is 12.4. The van der Waals surface area contributed by atoms with Crippen LogP contribution in [0.4, 0.5) is 16.2 Å². The third-order valence-corrected chi connectivity index (χ3v) is 8.99. The number of benzene rings is 2. The number of nitro groups is 1. The topological polar surface area (TPSA) is 163 Å². The number of urea groups is 1. The molecule has 1 aliphatic heterocycles. The second-order valence-electron chi connectivity index (χ2n) is 11.3. The Kier molecular flexibility index (Phi) is 11.8. The first-order chi connectivity index (χ1) is 21.1. The molecule has 0 aromatic heterocycles. The Morgan fingerprint density at radius 3 is 2.30 bits per heavy atom. The normalized spacial score (nSPS) is 17.4. The fourth-order valence-electron chi connectivity index (χ4n) is 6.03. The van der Waals surface area contributed by atoms with E-state index in [0.29, 0.717) is 54.0 Å². The van der Waals surface area contributed by atoms with E-state index < -0.39 is 11.0 Å². The third kappa shape index (κ3) is 8.81. The van der Waals surface area contributed by atoms with E-state index in [9.17, 15) is 24.5 Å². The van der Waals surface area contributed by atoms with Gasteiger partial charge in [0.2, 0.25) is 11.8 Å². The molecular formula is C30H39Cl2N7O5. The summed E-state index contributed by atoms with van der Waals surface area (Å²) in [5.74, 6) is -0.479. The van der Waals surface area contributed by atoms with E-state index in [4.69, 9.17) is 28.9 Å². The molecule has 0 radical (unpaired) electrons. The molecule has 2 aromatic rings. The number of amides is 4. The number of hydrogen-bond acceptors (Lipinski definition) is 7. The number of nitro benzene ring substituents is 1. The van der Waals surface area contributed by atoms with Gasteiger partial charge in [0.1, 0.15) is 6.04 Å². The lowest BCUT2D eigenvalue weighted by Gasteiger charge is -2.50. The standard InChI is InChI=1S/C30H39Cl2N7O5/c31-22-5-4-21(25(32)19-22)18-26(36-27(40)10-13-33)28(41)37-14-16-38(17-15-37)30(11-2-1-3-12-30)20-34-29(42)35-23-6-8-24(9-7-23)39(43)44/h4-9,19,26H,1-3,10-18,20,33H2,(H,36,40)(H2,34,35,42)/t26-/m1/s1. The molecule has 238 valence electrons. The van der Waals surface area contributed by atoms with Gasteiger partial charge in [-0.1, -0.05) is 48.5 Å². The second-order valence-corrected chi connectivity index (χ2v) is 12.2. The van der Waals surface area contributed by atoms with Gasteiger partial charge in [-0.3, -0.25) is 24.6 Å². The van der Waals surface area contributed by atoms with Crippen LogP contribution in [0.2, 0.25) is 10.0 Å². The molecule has 2 aromatic carbocycles. The number of carbonyl (C=O) groups is 3. The summed E-state index contributed by atoms with van der Waals surface area (Å²) in [5.41, 5.74) is 6.44. The Bertz CT molecular complexity index is 1330. The molecule has 4 rings (SSSR count). The van der Waals surface area contributed by atoms with Gasteiger partial charge in [-0.15, -0.1) is 0 Å². The van der Waals surface area contributed by atoms with Gasteiger partial charge in [-0.2, -0.15) is 0 Å². The number of nitrogens with zero attached hydrogens (tertiary/aromatic N) is 3. The van der Waals surface area contributed by atoms with Crippen LogP contribution in [0, 0.1) is 10.1 Å². The van der Waals surface area contributed by atoms with Crippen molar-refractivity contribution in [1.82, 2.24) is 20.4 Å². The molecule has 0 unspecified atom stereocenters.